The molecule has 0 fully saturated rings. The fourth-order valence-electron chi connectivity index (χ4n) is 2.51. The second-order valence-corrected chi connectivity index (χ2v) is 4.44. The van der Waals surface area contributed by atoms with Gasteiger partial charge in [-0.15, -0.1) is 0 Å². The second kappa shape index (κ2) is 4.01. The Morgan fingerprint density at radius 1 is 1.56 bits per heavy atom. The number of anilines is 1. The van der Waals surface area contributed by atoms with Crippen molar-refractivity contribution in [3.8, 4) is 0 Å². The maximum Gasteiger partial charge on any atom is 0.338 e. The van der Waals surface area contributed by atoms with Crippen molar-refractivity contribution < 1.29 is 9.53 Å². The number of nitrogen functional groups attached to an aromatic ring is 1. The maximum atomic E-state index is 11.7. The van der Waals surface area contributed by atoms with Gasteiger partial charge >= 0.3 is 5.97 Å². The van der Waals surface area contributed by atoms with Crippen LogP contribution in [0.5, 0.6) is 0 Å². The molecular weight excluding hydrogens is 230 g/mol. The molecular formula is C13H15N3O2. The van der Waals surface area contributed by atoms with E-state index in [-0.39, 0.29) is 5.97 Å². The Balaban J connectivity index is 2.14. The average molecular weight is 245 g/mol. The molecule has 1 aromatic carbocycles. The van der Waals surface area contributed by atoms with E-state index in [1.807, 2.05) is 0 Å². The van der Waals surface area contributed by atoms with E-state index in [4.69, 9.17) is 10.5 Å². The summed E-state index contributed by atoms with van der Waals surface area (Å²) < 4.78 is 7.12. The van der Waals surface area contributed by atoms with Crippen LogP contribution < -0.4 is 5.73 Å². The van der Waals surface area contributed by atoms with Crippen molar-refractivity contribution >= 4 is 22.7 Å². The molecule has 0 saturated heterocycles. The summed E-state index contributed by atoms with van der Waals surface area (Å²) in [5.74, 6) is 0.706. The number of fused-ring (bicyclic) bond motifs is 3. The molecule has 0 radical (unpaired) electrons. The summed E-state index contributed by atoms with van der Waals surface area (Å²) in [6.07, 6.45) is 2.08. The van der Waals surface area contributed by atoms with Crippen molar-refractivity contribution in [1.82, 2.24) is 9.55 Å². The van der Waals surface area contributed by atoms with Gasteiger partial charge in [-0.25, -0.2) is 9.78 Å². The number of carbonyl (C=O) groups is 1. The van der Waals surface area contributed by atoms with Gasteiger partial charge < -0.3 is 15.0 Å². The standard InChI is InChI=1S/C13H15N3O2/c1-2-18-13(17)8-6-9(14)12-10(7-8)15-11-4-3-5-16(11)12/h6-7H,2-5,14H2,1H3. The highest BCUT2D eigenvalue weighted by atomic mass is 16.5. The minimum atomic E-state index is -0.348. The molecule has 1 aliphatic heterocycles. The van der Waals surface area contributed by atoms with Crippen LogP contribution in [0.3, 0.4) is 0 Å². The fourth-order valence-corrected chi connectivity index (χ4v) is 2.51. The van der Waals surface area contributed by atoms with Crippen LogP contribution in [0.25, 0.3) is 11.0 Å². The minimum Gasteiger partial charge on any atom is -0.462 e. The van der Waals surface area contributed by atoms with Crippen LogP contribution >= 0.6 is 0 Å². The van der Waals surface area contributed by atoms with Gasteiger partial charge in [0, 0.05) is 13.0 Å². The SMILES string of the molecule is CCOC(=O)c1cc(N)c2c(c1)nc1n2CCC1. The zero-order valence-corrected chi connectivity index (χ0v) is 10.3. The van der Waals surface area contributed by atoms with Crippen molar-refractivity contribution in [3.63, 3.8) is 0 Å². The third-order valence-electron chi connectivity index (χ3n) is 3.24. The first-order valence-electron chi connectivity index (χ1n) is 6.16. The lowest BCUT2D eigenvalue weighted by molar-refractivity contribution is 0.0526. The van der Waals surface area contributed by atoms with Crippen LogP contribution in [-0.4, -0.2) is 22.1 Å². The average Bonchev–Trinajstić information content (AvgIpc) is 2.88. The quantitative estimate of drug-likeness (QED) is 0.646. The van der Waals surface area contributed by atoms with Gasteiger partial charge in [0.2, 0.25) is 0 Å². The molecule has 0 aliphatic carbocycles. The van der Waals surface area contributed by atoms with Gasteiger partial charge in [-0.1, -0.05) is 0 Å². The van der Waals surface area contributed by atoms with Crippen LogP contribution in [-0.2, 0) is 17.7 Å². The molecule has 3 rings (SSSR count). The predicted molar refractivity (Wildman–Crippen MR) is 68.4 cm³/mol. The highest BCUT2D eigenvalue weighted by Crippen LogP contribution is 2.28. The topological polar surface area (TPSA) is 70.1 Å². The number of imidazole rings is 1. The maximum absolute atomic E-state index is 11.7. The van der Waals surface area contributed by atoms with E-state index in [1.165, 1.54) is 0 Å². The summed E-state index contributed by atoms with van der Waals surface area (Å²) in [4.78, 5) is 16.2. The highest BCUT2D eigenvalue weighted by Gasteiger charge is 2.19. The third kappa shape index (κ3) is 1.54. The molecule has 0 unspecified atom stereocenters. The molecule has 94 valence electrons. The van der Waals surface area contributed by atoms with Gasteiger partial charge in [0.25, 0.3) is 0 Å². The third-order valence-corrected chi connectivity index (χ3v) is 3.24. The zero-order valence-electron chi connectivity index (χ0n) is 10.3. The van der Waals surface area contributed by atoms with Crippen LogP contribution in [0.4, 0.5) is 5.69 Å². The molecule has 2 aromatic rings. The predicted octanol–water partition coefficient (Wildman–Crippen LogP) is 1.74. The molecule has 18 heavy (non-hydrogen) atoms. The molecule has 2 heterocycles. The lowest BCUT2D eigenvalue weighted by atomic mass is 10.1. The first-order valence-corrected chi connectivity index (χ1v) is 6.16. The summed E-state index contributed by atoms with van der Waals surface area (Å²) in [6, 6.07) is 3.43. The van der Waals surface area contributed by atoms with Crippen molar-refractivity contribution in [2.75, 3.05) is 12.3 Å². The number of benzene rings is 1. The fraction of sp³-hybridized carbons (Fsp3) is 0.385. The van der Waals surface area contributed by atoms with Crippen LogP contribution in [0, 0.1) is 0 Å². The van der Waals surface area contributed by atoms with E-state index >= 15 is 0 Å². The van der Waals surface area contributed by atoms with Gasteiger partial charge in [0.1, 0.15) is 5.82 Å². The Bertz CT molecular complexity index is 631. The number of aryl methyl sites for hydroxylation is 2. The Labute approximate surface area is 105 Å². The van der Waals surface area contributed by atoms with Crippen LogP contribution in [0.1, 0.15) is 29.5 Å². The van der Waals surface area contributed by atoms with Gasteiger partial charge in [-0.05, 0) is 25.5 Å². The van der Waals surface area contributed by atoms with E-state index in [0.717, 1.165) is 36.2 Å². The van der Waals surface area contributed by atoms with E-state index in [1.54, 1.807) is 19.1 Å². The number of hydrogen-bond donors (Lipinski definition) is 1. The van der Waals surface area contributed by atoms with E-state index < -0.39 is 0 Å². The molecule has 5 nitrogen and oxygen atoms in total. The first kappa shape index (κ1) is 11.1. The molecule has 5 heteroatoms. The Kier molecular flexibility index (Phi) is 2.47. The summed E-state index contributed by atoms with van der Waals surface area (Å²) in [6.45, 7) is 3.09. The van der Waals surface area contributed by atoms with Gasteiger partial charge in [-0.3, -0.25) is 0 Å². The lowest BCUT2D eigenvalue weighted by Crippen LogP contribution is -2.06. The minimum absolute atomic E-state index is 0.348. The largest absolute Gasteiger partial charge is 0.462 e. The Morgan fingerprint density at radius 3 is 3.17 bits per heavy atom. The van der Waals surface area contributed by atoms with Crippen molar-refractivity contribution in [2.45, 2.75) is 26.3 Å². The number of carbonyl (C=O) groups excluding carboxylic acids is 1. The number of ether oxygens (including phenoxy) is 1. The number of nitrogens with two attached hydrogens (primary N) is 1. The molecule has 1 aliphatic rings. The number of aromatic nitrogens is 2. The Morgan fingerprint density at radius 2 is 2.39 bits per heavy atom. The molecule has 1 aromatic heterocycles. The number of nitrogens with zero attached hydrogens (tertiary/aromatic N) is 2. The lowest BCUT2D eigenvalue weighted by Gasteiger charge is -2.05. The molecule has 0 spiro atoms. The highest BCUT2D eigenvalue weighted by molar-refractivity contribution is 5.98. The van der Waals surface area contributed by atoms with Crippen molar-refractivity contribution in [2.24, 2.45) is 0 Å². The van der Waals surface area contributed by atoms with E-state index in [2.05, 4.69) is 9.55 Å². The monoisotopic (exact) mass is 245 g/mol. The van der Waals surface area contributed by atoms with Gasteiger partial charge in [0.15, 0.2) is 0 Å². The summed E-state index contributed by atoms with van der Waals surface area (Å²) in [5.41, 5.74) is 8.83. The Hall–Kier alpha value is -2.04. The smallest absolute Gasteiger partial charge is 0.338 e. The normalized spacial score (nSPS) is 13.8. The van der Waals surface area contributed by atoms with E-state index in [9.17, 15) is 4.79 Å². The second-order valence-electron chi connectivity index (χ2n) is 4.44. The molecule has 0 bridgehead atoms. The number of esters is 1. The molecule has 0 amide bonds. The van der Waals surface area contributed by atoms with Crippen LogP contribution in [0.2, 0.25) is 0 Å². The number of rotatable bonds is 2. The molecule has 2 N–H and O–H groups in total. The van der Waals surface area contributed by atoms with Crippen LogP contribution in [0.15, 0.2) is 12.1 Å². The summed E-state index contributed by atoms with van der Waals surface area (Å²) >= 11 is 0. The summed E-state index contributed by atoms with van der Waals surface area (Å²) in [7, 11) is 0. The van der Waals surface area contributed by atoms with Gasteiger partial charge in [-0.2, -0.15) is 0 Å². The summed E-state index contributed by atoms with van der Waals surface area (Å²) in [5, 5.41) is 0. The number of hydrogen-bond acceptors (Lipinski definition) is 4. The molecule has 0 saturated carbocycles. The molecule has 0 atom stereocenters. The first-order chi connectivity index (χ1) is 8.70. The van der Waals surface area contributed by atoms with E-state index in [0.29, 0.717) is 17.9 Å². The van der Waals surface area contributed by atoms with Gasteiger partial charge in [0.05, 0.1) is 28.9 Å². The van der Waals surface area contributed by atoms with Crippen molar-refractivity contribution in [3.05, 3.63) is 23.5 Å². The zero-order chi connectivity index (χ0) is 12.7. The van der Waals surface area contributed by atoms with Crippen molar-refractivity contribution in [1.29, 1.82) is 0 Å².